The van der Waals surface area contributed by atoms with E-state index in [1.165, 1.54) is 5.56 Å². The third kappa shape index (κ3) is 4.44. The Kier molecular flexibility index (Phi) is 5.59. The van der Waals surface area contributed by atoms with Crippen molar-refractivity contribution in [2.75, 3.05) is 47.4 Å². The smallest absolute Gasteiger partial charge is 0.225 e. The van der Waals surface area contributed by atoms with Crippen molar-refractivity contribution in [2.24, 2.45) is 5.92 Å². The minimum Gasteiger partial charge on any atom is -0.497 e. The molecule has 1 fully saturated rings. The highest BCUT2D eigenvalue weighted by Crippen LogP contribution is 2.15. The lowest BCUT2D eigenvalue weighted by Gasteiger charge is -2.23. The highest BCUT2D eigenvalue weighted by Gasteiger charge is 2.25. The number of carbonyl (C=O) groups is 1. The summed E-state index contributed by atoms with van der Waals surface area (Å²) in [7, 11) is 5.46. The molecule has 21 heavy (non-hydrogen) atoms. The fourth-order valence-electron chi connectivity index (χ4n) is 2.74. The van der Waals surface area contributed by atoms with Gasteiger partial charge in [0.2, 0.25) is 5.91 Å². The SMILES string of the molecule is CNC(=O)[C@@H]1CN(C)CCN(Cc2ccc(OC)cc2)C1. The van der Waals surface area contributed by atoms with Crippen molar-refractivity contribution in [3.63, 3.8) is 0 Å². The van der Waals surface area contributed by atoms with E-state index in [0.29, 0.717) is 0 Å². The number of nitrogens with one attached hydrogen (secondary N) is 1. The van der Waals surface area contributed by atoms with E-state index in [0.717, 1.165) is 38.5 Å². The number of benzene rings is 1. The third-order valence-electron chi connectivity index (χ3n) is 3.99. The summed E-state index contributed by atoms with van der Waals surface area (Å²) in [5.41, 5.74) is 1.25. The Labute approximate surface area is 126 Å². The molecule has 0 unspecified atom stereocenters. The lowest BCUT2D eigenvalue weighted by molar-refractivity contribution is -0.125. The molecule has 1 saturated heterocycles. The maximum Gasteiger partial charge on any atom is 0.225 e. The normalized spacial score (nSPS) is 20.8. The second-order valence-electron chi connectivity index (χ2n) is 5.66. The summed E-state index contributed by atoms with van der Waals surface area (Å²) in [4.78, 5) is 16.5. The van der Waals surface area contributed by atoms with Crippen molar-refractivity contribution in [3.8, 4) is 5.75 Å². The Bertz CT molecular complexity index is 461. The van der Waals surface area contributed by atoms with Crippen molar-refractivity contribution < 1.29 is 9.53 Å². The molecular weight excluding hydrogens is 266 g/mol. The molecule has 1 amide bonds. The molecule has 2 rings (SSSR count). The third-order valence-corrected chi connectivity index (χ3v) is 3.99. The first-order valence-corrected chi connectivity index (χ1v) is 7.37. The Hall–Kier alpha value is -1.59. The van der Waals surface area contributed by atoms with Gasteiger partial charge in [-0.3, -0.25) is 9.69 Å². The van der Waals surface area contributed by atoms with Gasteiger partial charge in [0.05, 0.1) is 13.0 Å². The Morgan fingerprint density at radius 3 is 2.62 bits per heavy atom. The monoisotopic (exact) mass is 291 g/mol. The Balaban J connectivity index is 2.01. The van der Waals surface area contributed by atoms with E-state index >= 15 is 0 Å². The second kappa shape index (κ2) is 7.43. The van der Waals surface area contributed by atoms with Gasteiger partial charge >= 0.3 is 0 Å². The van der Waals surface area contributed by atoms with Gasteiger partial charge in [-0.2, -0.15) is 0 Å². The van der Waals surface area contributed by atoms with Gasteiger partial charge in [0.25, 0.3) is 0 Å². The summed E-state index contributed by atoms with van der Waals surface area (Å²) >= 11 is 0. The van der Waals surface area contributed by atoms with E-state index in [1.54, 1.807) is 14.2 Å². The highest BCUT2D eigenvalue weighted by atomic mass is 16.5. The molecule has 116 valence electrons. The summed E-state index contributed by atoms with van der Waals surface area (Å²) in [5.74, 6) is 1.03. The van der Waals surface area contributed by atoms with Crippen LogP contribution >= 0.6 is 0 Å². The van der Waals surface area contributed by atoms with Crippen LogP contribution in [0.3, 0.4) is 0 Å². The van der Waals surface area contributed by atoms with Crippen LogP contribution < -0.4 is 10.1 Å². The zero-order valence-electron chi connectivity index (χ0n) is 13.1. The molecule has 1 aliphatic heterocycles. The van der Waals surface area contributed by atoms with E-state index in [1.807, 2.05) is 12.1 Å². The number of amides is 1. The standard InChI is InChI=1S/C16H25N3O2/c1-17-16(20)14-11-18(2)8-9-19(12-14)10-13-4-6-15(21-3)7-5-13/h4-7,14H,8-12H2,1-3H3,(H,17,20)/t14-/m1/s1. The van der Waals surface area contributed by atoms with Crippen LogP contribution in [0.4, 0.5) is 0 Å². The number of methoxy groups -OCH3 is 1. The van der Waals surface area contributed by atoms with Gasteiger partial charge in [-0.15, -0.1) is 0 Å². The van der Waals surface area contributed by atoms with E-state index < -0.39 is 0 Å². The maximum absolute atomic E-state index is 12.0. The zero-order valence-corrected chi connectivity index (χ0v) is 13.1. The molecule has 0 spiro atoms. The summed E-state index contributed by atoms with van der Waals surface area (Å²) in [6.45, 7) is 4.46. The number of ether oxygens (including phenoxy) is 1. The van der Waals surface area contributed by atoms with Gasteiger partial charge < -0.3 is 15.0 Å². The van der Waals surface area contributed by atoms with Gasteiger partial charge in [-0.05, 0) is 24.7 Å². The molecule has 0 aromatic heterocycles. The number of likely N-dealkylation sites (N-methyl/N-ethyl adjacent to an activating group) is 1. The second-order valence-corrected chi connectivity index (χ2v) is 5.66. The van der Waals surface area contributed by atoms with E-state index in [2.05, 4.69) is 34.3 Å². The molecule has 5 heteroatoms. The first-order chi connectivity index (χ1) is 10.1. The number of nitrogens with zero attached hydrogens (tertiary/aromatic N) is 2. The average Bonchev–Trinajstić information content (AvgIpc) is 2.69. The van der Waals surface area contributed by atoms with E-state index in [4.69, 9.17) is 4.74 Å². The zero-order chi connectivity index (χ0) is 15.2. The molecule has 0 saturated carbocycles. The largest absolute Gasteiger partial charge is 0.497 e. The van der Waals surface area contributed by atoms with Gasteiger partial charge in [0.15, 0.2) is 0 Å². The predicted octanol–water partition coefficient (Wildman–Crippen LogP) is 0.805. The van der Waals surface area contributed by atoms with Crippen LogP contribution in [0.25, 0.3) is 0 Å². The van der Waals surface area contributed by atoms with Gasteiger partial charge in [0, 0.05) is 39.8 Å². The molecule has 1 atom stereocenters. The van der Waals surface area contributed by atoms with Gasteiger partial charge in [0.1, 0.15) is 5.75 Å². The van der Waals surface area contributed by atoms with Crippen LogP contribution in [0.15, 0.2) is 24.3 Å². The van der Waals surface area contributed by atoms with Gasteiger partial charge in [-0.1, -0.05) is 12.1 Å². The van der Waals surface area contributed by atoms with Crippen LogP contribution in [-0.2, 0) is 11.3 Å². The first kappa shape index (κ1) is 15.8. The Morgan fingerprint density at radius 2 is 2.00 bits per heavy atom. The summed E-state index contributed by atoms with van der Waals surface area (Å²) in [6, 6.07) is 8.13. The van der Waals surface area contributed by atoms with Crippen LogP contribution in [0.1, 0.15) is 5.56 Å². The molecule has 0 aliphatic carbocycles. The maximum atomic E-state index is 12.0. The summed E-state index contributed by atoms with van der Waals surface area (Å²) in [6.07, 6.45) is 0. The summed E-state index contributed by atoms with van der Waals surface area (Å²) in [5, 5.41) is 2.77. The van der Waals surface area contributed by atoms with Crippen molar-refractivity contribution in [1.29, 1.82) is 0 Å². The molecule has 5 nitrogen and oxygen atoms in total. The number of carbonyl (C=O) groups excluding carboxylic acids is 1. The summed E-state index contributed by atoms with van der Waals surface area (Å²) < 4.78 is 5.18. The molecule has 1 aliphatic rings. The van der Waals surface area contributed by atoms with Gasteiger partial charge in [-0.25, -0.2) is 0 Å². The molecule has 1 aromatic rings. The predicted molar refractivity (Wildman–Crippen MR) is 83.3 cm³/mol. The lowest BCUT2D eigenvalue weighted by Crippen LogP contribution is -2.39. The quantitative estimate of drug-likeness (QED) is 0.891. The van der Waals surface area contributed by atoms with Crippen LogP contribution in [0.2, 0.25) is 0 Å². The highest BCUT2D eigenvalue weighted by molar-refractivity contribution is 5.78. The molecular formula is C16H25N3O2. The van der Waals surface area contributed by atoms with Crippen molar-refractivity contribution in [1.82, 2.24) is 15.1 Å². The van der Waals surface area contributed by atoms with E-state index in [-0.39, 0.29) is 11.8 Å². The Morgan fingerprint density at radius 1 is 1.29 bits per heavy atom. The fraction of sp³-hybridized carbons (Fsp3) is 0.562. The van der Waals surface area contributed by atoms with Crippen molar-refractivity contribution in [3.05, 3.63) is 29.8 Å². The van der Waals surface area contributed by atoms with Crippen molar-refractivity contribution >= 4 is 5.91 Å². The number of rotatable bonds is 4. The molecule has 1 N–H and O–H groups in total. The molecule has 0 bridgehead atoms. The topological polar surface area (TPSA) is 44.8 Å². The molecule has 1 heterocycles. The fourth-order valence-corrected chi connectivity index (χ4v) is 2.74. The number of hydrogen-bond acceptors (Lipinski definition) is 4. The van der Waals surface area contributed by atoms with Crippen molar-refractivity contribution in [2.45, 2.75) is 6.54 Å². The van der Waals surface area contributed by atoms with Crippen LogP contribution in [-0.4, -0.2) is 63.1 Å². The van der Waals surface area contributed by atoms with Crippen LogP contribution in [0.5, 0.6) is 5.75 Å². The lowest BCUT2D eigenvalue weighted by atomic mass is 10.1. The minimum absolute atomic E-state index is 0.0285. The van der Waals surface area contributed by atoms with Crippen LogP contribution in [0, 0.1) is 5.92 Å². The molecule has 1 aromatic carbocycles. The average molecular weight is 291 g/mol. The van der Waals surface area contributed by atoms with E-state index in [9.17, 15) is 4.79 Å². The number of hydrogen-bond donors (Lipinski definition) is 1. The molecule has 0 radical (unpaired) electrons. The first-order valence-electron chi connectivity index (χ1n) is 7.37. The minimum atomic E-state index is 0.0285.